The first-order valence-electron chi connectivity index (χ1n) is 8.85. The van der Waals surface area contributed by atoms with Crippen LogP contribution in [0.25, 0.3) is 6.08 Å². The Balaban J connectivity index is 1.56. The maximum Gasteiger partial charge on any atom is 0.315 e. The highest BCUT2D eigenvalue weighted by Crippen LogP contribution is 2.16. The molecule has 0 heterocycles. The summed E-state index contributed by atoms with van der Waals surface area (Å²) in [4.78, 5) is 24.2. The molecule has 0 fully saturated rings. The van der Waals surface area contributed by atoms with Gasteiger partial charge in [-0.2, -0.15) is 0 Å². The third-order valence-electron chi connectivity index (χ3n) is 4.10. The van der Waals surface area contributed by atoms with E-state index in [1.165, 1.54) is 6.08 Å². The van der Waals surface area contributed by atoms with Gasteiger partial charge in [-0.05, 0) is 53.6 Å². The first-order valence-corrected chi connectivity index (χ1v) is 8.85. The number of hydrogen-bond donors (Lipinski definition) is 0. The molecule has 0 amide bonds. The Hall–Kier alpha value is -3.66. The van der Waals surface area contributed by atoms with Crippen molar-refractivity contribution in [3.8, 4) is 11.5 Å². The zero-order valence-corrected chi connectivity index (χ0v) is 15.5. The summed E-state index contributed by atoms with van der Waals surface area (Å²) in [5, 5.41) is 0. The second-order valence-corrected chi connectivity index (χ2v) is 6.13. The highest BCUT2D eigenvalue weighted by atomic mass is 16.5. The topological polar surface area (TPSA) is 52.6 Å². The minimum Gasteiger partial charge on any atom is -0.497 e. The maximum absolute atomic E-state index is 12.2. The van der Waals surface area contributed by atoms with Crippen molar-refractivity contribution in [2.75, 3.05) is 7.11 Å². The van der Waals surface area contributed by atoms with Crippen LogP contribution in [0.2, 0.25) is 0 Å². The van der Waals surface area contributed by atoms with Gasteiger partial charge in [-0.25, -0.2) is 0 Å². The van der Waals surface area contributed by atoms with Crippen LogP contribution in [0.1, 0.15) is 21.5 Å². The molecule has 3 aromatic carbocycles. The van der Waals surface area contributed by atoms with Crippen molar-refractivity contribution < 1.29 is 19.1 Å². The number of allylic oxidation sites excluding steroid dienone is 1. The minimum absolute atomic E-state index is 0.0963. The third-order valence-corrected chi connectivity index (χ3v) is 4.10. The van der Waals surface area contributed by atoms with Crippen LogP contribution < -0.4 is 9.47 Å². The van der Waals surface area contributed by atoms with E-state index in [4.69, 9.17) is 9.47 Å². The molecule has 28 heavy (non-hydrogen) atoms. The van der Waals surface area contributed by atoms with Crippen LogP contribution in [0.15, 0.2) is 84.9 Å². The lowest BCUT2D eigenvalue weighted by Crippen LogP contribution is -2.11. The molecule has 4 nitrogen and oxygen atoms in total. The van der Waals surface area contributed by atoms with Crippen LogP contribution in [0, 0.1) is 0 Å². The normalized spacial score (nSPS) is 10.6. The van der Waals surface area contributed by atoms with Gasteiger partial charge in [-0.15, -0.1) is 0 Å². The summed E-state index contributed by atoms with van der Waals surface area (Å²) in [5.41, 5.74) is 2.33. The molecule has 0 aliphatic carbocycles. The third kappa shape index (κ3) is 5.42. The predicted octanol–water partition coefficient (Wildman–Crippen LogP) is 4.74. The number of hydrogen-bond acceptors (Lipinski definition) is 4. The van der Waals surface area contributed by atoms with Crippen molar-refractivity contribution in [3.63, 3.8) is 0 Å². The molecular weight excluding hydrogens is 352 g/mol. The van der Waals surface area contributed by atoms with Gasteiger partial charge >= 0.3 is 5.97 Å². The molecule has 0 radical (unpaired) electrons. The van der Waals surface area contributed by atoms with Gasteiger partial charge in [-0.3, -0.25) is 9.59 Å². The number of carbonyl (C=O) groups excluding carboxylic acids is 2. The van der Waals surface area contributed by atoms with Crippen molar-refractivity contribution in [2.45, 2.75) is 6.42 Å². The molecule has 0 N–H and O–H groups in total. The largest absolute Gasteiger partial charge is 0.497 e. The summed E-state index contributed by atoms with van der Waals surface area (Å²) >= 11 is 0. The fourth-order valence-corrected chi connectivity index (χ4v) is 2.60. The van der Waals surface area contributed by atoms with E-state index in [0.29, 0.717) is 17.1 Å². The summed E-state index contributed by atoms with van der Waals surface area (Å²) in [7, 11) is 1.58. The molecule has 0 saturated heterocycles. The lowest BCUT2D eigenvalue weighted by Gasteiger charge is -2.05. The van der Waals surface area contributed by atoms with Gasteiger partial charge in [-0.1, -0.05) is 48.5 Å². The van der Waals surface area contributed by atoms with E-state index >= 15 is 0 Å². The zero-order valence-electron chi connectivity index (χ0n) is 15.5. The van der Waals surface area contributed by atoms with Gasteiger partial charge < -0.3 is 9.47 Å². The Morgan fingerprint density at radius 3 is 2.11 bits per heavy atom. The van der Waals surface area contributed by atoms with Crippen molar-refractivity contribution in [2.24, 2.45) is 0 Å². The van der Waals surface area contributed by atoms with Crippen LogP contribution in [-0.2, 0) is 11.2 Å². The van der Waals surface area contributed by atoms with Gasteiger partial charge in [0.15, 0.2) is 5.78 Å². The van der Waals surface area contributed by atoms with Crippen molar-refractivity contribution in [3.05, 3.63) is 102 Å². The molecule has 3 aromatic rings. The summed E-state index contributed by atoms with van der Waals surface area (Å²) in [6, 6.07) is 23.4. The van der Waals surface area contributed by atoms with E-state index in [2.05, 4.69) is 0 Å². The van der Waals surface area contributed by atoms with Gasteiger partial charge in [0.1, 0.15) is 11.5 Å². The second-order valence-electron chi connectivity index (χ2n) is 6.13. The molecule has 0 spiro atoms. The Labute approximate surface area is 164 Å². The number of carbonyl (C=O) groups is 2. The van der Waals surface area contributed by atoms with Gasteiger partial charge in [0, 0.05) is 5.56 Å². The zero-order chi connectivity index (χ0) is 19.8. The van der Waals surface area contributed by atoms with Crippen molar-refractivity contribution in [1.82, 2.24) is 0 Å². The Kier molecular flexibility index (Phi) is 6.37. The van der Waals surface area contributed by atoms with Gasteiger partial charge in [0.2, 0.25) is 0 Å². The summed E-state index contributed by atoms with van der Waals surface area (Å²) in [6.45, 7) is 0. The molecule has 0 bridgehead atoms. The highest BCUT2D eigenvalue weighted by molar-refractivity contribution is 6.06. The Morgan fingerprint density at radius 2 is 1.46 bits per heavy atom. The van der Waals surface area contributed by atoms with Crippen LogP contribution in [0.4, 0.5) is 0 Å². The Morgan fingerprint density at radius 1 is 0.821 bits per heavy atom. The molecule has 0 unspecified atom stereocenters. The molecule has 0 aliphatic rings. The van der Waals surface area contributed by atoms with Crippen LogP contribution in [0.5, 0.6) is 11.5 Å². The monoisotopic (exact) mass is 372 g/mol. The minimum atomic E-state index is -0.316. The van der Waals surface area contributed by atoms with E-state index in [1.54, 1.807) is 61.7 Å². The fraction of sp³-hybridized carbons (Fsp3) is 0.0833. The first-order chi connectivity index (χ1) is 13.6. The first kappa shape index (κ1) is 19.1. The molecule has 140 valence electrons. The van der Waals surface area contributed by atoms with Crippen molar-refractivity contribution in [1.29, 1.82) is 0 Å². The van der Waals surface area contributed by atoms with E-state index in [9.17, 15) is 9.59 Å². The molecule has 0 aromatic heterocycles. The molecule has 3 rings (SSSR count). The number of ketones is 1. The van der Waals surface area contributed by atoms with E-state index in [1.807, 2.05) is 30.3 Å². The molecule has 0 saturated carbocycles. The average Bonchev–Trinajstić information content (AvgIpc) is 2.73. The SMILES string of the molecule is COc1ccc(C(=O)/C=C/c2ccc(OC(=O)Cc3ccccc3)cc2)cc1. The van der Waals surface area contributed by atoms with Crippen LogP contribution >= 0.6 is 0 Å². The van der Waals surface area contributed by atoms with Crippen LogP contribution in [0.3, 0.4) is 0 Å². The molecular formula is C24H20O4. The standard InChI is InChI=1S/C24H20O4/c1-27-21-14-10-20(11-15-21)23(25)16-9-18-7-12-22(13-8-18)28-24(26)17-19-5-3-2-4-6-19/h2-16H,17H2,1H3/b16-9+. The fourth-order valence-electron chi connectivity index (χ4n) is 2.60. The van der Waals surface area contributed by atoms with Gasteiger partial charge in [0.25, 0.3) is 0 Å². The predicted molar refractivity (Wildman–Crippen MR) is 109 cm³/mol. The summed E-state index contributed by atoms with van der Waals surface area (Å²) < 4.78 is 10.4. The van der Waals surface area contributed by atoms with Crippen LogP contribution in [-0.4, -0.2) is 18.9 Å². The highest BCUT2D eigenvalue weighted by Gasteiger charge is 2.06. The van der Waals surface area contributed by atoms with E-state index in [-0.39, 0.29) is 18.2 Å². The lowest BCUT2D eigenvalue weighted by atomic mass is 10.1. The van der Waals surface area contributed by atoms with E-state index < -0.39 is 0 Å². The van der Waals surface area contributed by atoms with Gasteiger partial charge in [0.05, 0.1) is 13.5 Å². The molecule has 0 atom stereocenters. The number of esters is 1. The smallest absolute Gasteiger partial charge is 0.315 e. The summed E-state index contributed by atoms with van der Waals surface area (Å²) in [5.74, 6) is 0.766. The summed E-state index contributed by atoms with van der Waals surface area (Å²) in [6.07, 6.45) is 3.46. The Bertz CT molecular complexity index is 956. The van der Waals surface area contributed by atoms with E-state index in [0.717, 1.165) is 11.1 Å². The van der Waals surface area contributed by atoms with Crippen molar-refractivity contribution >= 4 is 17.8 Å². The average molecular weight is 372 g/mol. The molecule has 4 heteroatoms. The number of benzene rings is 3. The lowest BCUT2D eigenvalue weighted by molar-refractivity contribution is -0.133. The quantitative estimate of drug-likeness (QED) is 0.260. The molecule has 0 aliphatic heterocycles. The number of ether oxygens (including phenoxy) is 2. The number of methoxy groups -OCH3 is 1. The second kappa shape index (κ2) is 9.33. The maximum atomic E-state index is 12.2. The number of rotatable bonds is 7.